The van der Waals surface area contributed by atoms with Crippen LogP contribution in [0.15, 0.2) is 10.2 Å². The molecule has 114 valence electrons. The van der Waals surface area contributed by atoms with Crippen molar-refractivity contribution in [2.45, 2.75) is 32.7 Å². The lowest BCUT2D eigenvalue weighted by molar-refractivity contribution is -0.133. The van der Waals surface area contributed by atoms with Crippen LogP contribution in [0.3, 0.4) is 0 Å². The van der Waals surface area contributed by atoms with Crippen molar-refractivity contribution < 1.29 is 18.7 Å². The molecule has 0 saturated carbocycles. The molecule has 1 aromatic heterocycles. The number of aliphatic hydroxyl groups excluding tert-OH is 1. The monoisotopic (exact) mass is 308 g/mol. The van der Waals surface area contributed by atoms with Gasteiger partial charge in [0.2, 0.25) is 5.91 Å². The van der Waals surface area contributed by atoms with Gasteiger partial charge in [0.05, 0.1) is 13.2 Å². The number of halogens is 2. The molecule has 1 heterocycles. The Hall–Kier alpha value is -1.28. The fraction of sp³-hybridized carbons (Fsp3) is 0.667. The van der Waals surface area contributed by atoms with E-state index in [2.05, 4.69) is 0 Å². The molecule has 0 radical (unpaired) electrons. The molecule has 0 aliphatic carbocycles. The fourth-order valence-corrected chi connectivity index (χ4v) is 2.59. The number of amides is 1. The summed E-state index contributed by atoms with van der Waals surface area (Å²) in [5, 5.41) is 10.5. The first-order valence-corrected chi connectivity index (χ1v) is 7.15. The Morgan fingerprint density at radius 3 is 2.75 bits per heavy atom. The van der Waals surface area contributed by atoms with E-state index in [4.69, 9.17) is 5.11 Å². The lowest BCUT2D eigenvalue weighted by Crippen LogP contribution is -2.37. The number of hydrogen-bond donors (Lipinski definition) is 1. The van der Waals surface area contributed by atoms with E-state index in [1.54, 1.807) is 16.9 Å². The average molecular weight is 308 g/mol. The smallest absolute Gasteiger partial charge is 0.307 e. The first-order valence-electron chi connectivity index (χ1n) is 6.27. The summed E-state index contributed by atoms with van der Waals surface area (Å²) < 4.78 is 26.2. The molecule has 5 nitrogen and oxygen atoms in total. The molecule has 1 amide bonds. The van der Waals surface area contributed by atoms with Crippen LogP contribution >= 0.6 is 11.3 Å². The molecule has 1 rings (SSSR count). The zero-order valence-electron chi connectivity index (χ0n) is 11.2. The minimum Gasteiger partial charge on any atom is -0.395 e. The van der Waals surface area contributed by atoms with Crippen molar-refractivity contribution in [3.63, 3.8) is 0 Å². The van der Waals surface area contributed by atoms with E-state index in [-0.39, 0.29) is 24.4 Å². The number of carbonyl (C=O) groups is 1. The zero-order valence-corrected chi connectivity index (χ0v) is 12.0. The van der Waals surface area contributed by atoms with Gasteiger partial charge in [0.1, 0.15) is 0 Å². The molecule has 8 heteroatoms. The fourth-order valence-electron chi connectivity index (χ4n) is 1.83. The minimum atomic E-state index is -2.62. The number of aromatic nitrogens is 1. The van der Waals surface area contributed by atoms with Crippen molar-refractivity contribution >= 4 is 17.2 Å². The second kappa shape index (κ2) is 8.11. The van der Waals surface area contributed by atoms with Crippen molar-refractivity contribution in [1.82, 2.24) is 9.47 Å². The first-order chi connectivity index (χ1) is 9.45. The van der Waals surface area contributed by atoms with Gasteiger partial charge in [-0.2, -0.15) is 0 Å². The minimum absolute atomic E-state index is 0.0778. The van der Waals surface area contributed by atoms with Gasteiger partial charge < -0.3 is 14.6 Å². The van der Waals surface area contributed by atoms with Crippen LogP contribution in [-0.4, -0.2) is 46.6 Å². The Kier molecular flexibility index (Phi) is 6.80. The lowest BCUT2D eigenvalue weighted by Gasteiger charge is -2.21. The molecule has 0 spiro atoms. The van der Waals surface area contributed by atoms with Gasteiger partial charge >= 0.3 is 4.87 Å². The summed E-state index contributed by atoms with van der Waals surface area (Å²) in [7, 11) is 0. The Balaban J connectivity index is 2.47. The molecular formula is C12H18F2N2O3S. The lowest BCUT2D eigenvalue weighted by atomic mass is 10.2. The summed E-state index contributed by atoms with van der Waals surface area (Å²) in [6.45, 7) is 1.08. The van der Waals surface area contributed by atoms with Crippen LogP contribution < -0.4 is 4.87 Å². The number of thiazole rings is 1. The van der Waals surface area contributed by atoms with Gasteiger partial charge in [-0.3, -0.25) is 9.59 Å². The second-order valence-electron chi connectivity index (χ2n) is 4.35. The Morgan fingerprint density at radius 1 is 1.55 bits per heavy atom. The zero-order chi connectivity index (χ0) is 15.1. The molecule has 0 atom stereocenters. The quantitative estimate of drug-likeness (QED) is 0.782. The maximum atomic E-state index is 12.3. The van der Waals surface area contributed by atoms with Crippen molar-refractivity contribution in [1.29, 1.82) is 0 Å². The number of hydrogen-bond acceptors (Lipinski definition) is 4. The van der Waals surface area contributed by atoms with E-state index < -0.39 is 18.9 Å². The number of aryl methyl sites for hydroxylation is 1. The Labute approximate surface area is 119 Å². The standard InChI is InChI=1S/C12H18F2N2O3S/c1-9-8-20-12(19)16(9)4-2-3-11(18)15(5-6-17)7-10(13)14/h8,10,17H,2-7H2,1H3. The Morgan fingerprint density at radius 2 is 2.25 bits per heavy atom. The largest absolute Gasteiger partial charge is 0.395 e. The van der Waals surface area contributed by atoms with Gasteiger partial charge in [0, 0.05) is 30.6 Å². The van der Waals surface area contributed by atoms with E-state index in [0.717, 1.165) is 21.9 Å². The normalized spacial score (nSPS) is 11.1. The van der Waals surface area contributed by atoms with E-state index in [1.807, 2.05) is 0 Å². The number of rotatable bonds is 8. The predicted molar refractivity (Wildman–Crippen MR) is 72.2 cm³/mol. The molecule has 0 aliphatic rings. The third kappa shape index (κ3) is 5.01. The molecule has 0 aromatic carbocycles. The Bertz CT molecular complexity index is 487. The highest BCUT2D eigenvalue weighted by Crippen LogP contribution is 2.06. The third-order valence-electron chi connectivity index (χ3n) is 2.83. The van der Waals surface area contributed by atoms with Gasteiger partial charge in [-0.15, -0.1) is 0 Å². The summed E-state index contributed by atoms with van der Waals surface area (Å²) in [5.41, 5.74) is 0.826. The second-order valence-corrected chi connectivity index (χ2v) is 5.17. The number of aliphatic hydroxyl groups is 1. The summed E-state index contributed by atoms with van der Waals surface area (Å²) in [5.74, 6) is -0.430. The van der Waals surface area contributed by atoms with Gasteiger partial charge in [-0.1, -0.05) is 11.3 Å². The first kappa shape index (κ1) is 16.8. The van der Waals surface area contributed by atoms with E-state index in [0.29, 0.717) is 13.0 Å². The number of carbonyl (C=O) groups excluding carboxylic acids is 1. The van der Waals surface area contributed by atoms with Crippen molar-refractivity contribution in [2.75, 3.05) is 19.7 Å². The number of alkyl halides is 2. The molecule has 0 aliphatic heterocycles. The number of nitrogens with zero attached hydrogens (tertiary/aromatic N) is 2. The summed E-state index contributed by atoms with van der Waals surface area (Å²) in [4.78, 5) is 24.1. The summed E-state index contributed by atoms with van der Waals surface area (Å²) in [6.07, 6.45) is -2.14. The van der Waals surface area contributed by atoms with Crippen molar-refractivity contribution in [2.24, 2.45) is 0 Å². The van der Waals surface area contributed by atoms with Crippen LogP contribution in [0.4, 0.5) is 8.78 Å². The van der Waals surface area contributed by atoms with Crippen LogP contribution in [0.2, 0.25) is 0 Å². The van der Waals surface area contributed by atoms with Crippen LogP contribution in [-0.2, 0) is 11.3 Å². The predicted octanol–water partition coefficient (Wildman–Crippen LogP) is 1.08. The van der Waals surface area contributed by atoms with Gasteiger partial charge in [-0.05, 0) is 13.3 Å². The maximum absolute atomic E-state index is 12.3. The van der Waals surface area contributed by atoms with E-state index >= 15 is 0 Å². The van der Waals surface area contributed by atoms with Crippen LogP contribution in [0.25, 0.3) is 0 Å². The molecule has 20 heavy (non-hydrogen) atoms. The summed E-state index contributed by atoms with van der Waals surface area (Å²) in [6, 6.07) is 0. The van der Waals surface area contributed by atoms with Crippen LogP contribution in [0, 0.1) is 6.92 Å². The third-order valence-corrected chi connectivity index (χ3v) is 3.71. The highest BCUT2D eigenvalue weighted by atomic mass is 32.1. The van der Waals surface area contributed by atoms with Crippen molar-refractivity contribution in [3.05, 3.63) is 20.7 Å². The highest BCUT2D eigenvalue weighted by molar-refractivity contribution is 7.07. The van der Waals surface area contributed by atoms with Crippen molar-refractivity contribution in [3.8, 4) is 0 Å². The van der Waals surface area contributed by atoms with Gasteiger partial charge in [0.15, 0.2) is 0 Å². The van der Waals surface area contributed by atoms with E-state index in [9.17, 15) is 18.4 Å². The molecule has 0 fully saturated rings. The van der Waals surface area contributed by atoms with Gasteiger partial charge in [0.25, 0.3) is 6.43 Å². The molecule has 1 N–H and O–H groups in total. The molecule has 1 aromatic rings. The van der Waals surface area contributed by atoms with Gasteiger partial charge in [-0.25, -0.2) is 8.78 Å². The maximum Gasteiger partial charge on any atom is 0.307 e. The van der Waals surface area contributed by atoms with Crippen LogP contribution in [0.5, 0.6) is 0 Å². The van der Waals surface area contributed by atoms with E-state index in [1.165, 1.54) is 0 Å². The average Bonchev–Trinajstić information content (AvgIpc) is 2.69. The molecule has 0 unspecified atom stereocenters. The summed E-state index contributed by atoms with van der Waals surface area (Å²) >= 11 is 1.09. The molecular weight excluding hydrogens is 290 g/mol. The SMILES string of the molecule is Cc1csc(=O)n1CCCC(=O)N(CCO)CC(F)F. The molecule has 0 bridgehead atoms. The highest BCUT2D eigenvalue weighted by Gasteiger charge is 2.17. The van der Waals surface area contributed by atoms with Crippen LogP contribution in [0.1, 0.15) is 18.5 Å². The molecule has 0 saturated heterocycles. The topological polar surface area (TPSA) is 62.5 Å².